The van der Waals surface area contributed by atoms with Crippen LogP contribution < -0.4 is 10.6 Å². The predicted octanol–water partition coefficient (Wildman–Crippen LogP) is 1.88. The first-order chi connectivity index (χ1) is 9.81. The van der Waals surface area contributed by atoms with Crippen LogP contribution in [0.5, 0.6) is 0 Å². The zero-order valence-corrected chi connectivity index (χ0v) is 12.2. The number of benzene rings is 1. The number of fused-ring (bicyclic) bond motifs is 1. The second-order valence-electron chi connectivity index (χ2n) is 5.13. The maximum Gasteiger partial charge on any atom is 0.251 e. The highest BCUT2D eigenvalue weighted by molar-refractivity contribution is 5.94. The zero-order valence-electron chi connectivity index (χ0n) is 12.2. The molecule has 0 aliphatic carbocycles. The third kappa shape index (κ3) is 4.32. The van der Waals surface area contributed by atoms with Crippen LogP contribution in [0.25, 0.3) is 0 Å². The number of unbranched alkanes of at least 4 members (excludes halogenated alkanes) is 1. The molecule has 4 nitrogen and oxygen atoms in total. The highest BCUT2D eigenvalue weighted by Crippen LogP contribution is 2.15. The lowest BCUT2D eigenvalue weighted by Crippen LogP contribution is -2.28. The van der Waals surface area contributed by atoms with Crippen molar-refractivity contribution in [2.75, 3.05) is 26.3 Å². The molecule has 0 unspecified atom stereocenters. The molecule has 1 aromatic carbocycles. The Morgan fingerprint density at radius 2 is 2.25 bits per heavy atom. The van der Waals surface area contributed by atoms with Gasteiger partial charge < -0.3 is 15.4 Å². The minimum Gasteiger partial charge on any atom is -0.380 e. The van der Waals surface area contributed by atoms with Crippen molar-refractivity contribution in [1.82, 2.24) is 10.6 Å². The number of hydrogen-bond acceptors (Lipinski definition) is 3. The van der Waals surface area contributed by atoms with Crippen molar-refractivity contribution in [3.63, 3.8) is 0 Å². The van der Waals surface area contributed by atoms with Gasteiger partial charge >= 0.3 is 0 Å². The Labute approximate surface area is 120 Å². The van der Waals surface area contributed by atoms with E-state index in [2.05, 4.69) is 23.6 Å². The summed E-state index contributed by atoms with van der Waals surface area (Å²) >= 11 is 0. The second-order valence-corrected chi connectivity index (χ2v) is 5.13. The molecule has 0 spiro atoms. The van der Waals surface area contributed by atoms with E-state index in [4.69, 9.17) is 4.74 Å². The van der Waals surface area contributed by atoms with Crippen LogP contribution in [0.15, 0.2) is 18.2 Å². The fraction of sp³-hybridized carbons (Fsp3) is 0.562. The number of hydrogen-bond donors (Lipinski definition) is 2. The van der Waals surface area contributed by atoms with E-state index in [-0.39, 0.29) is 5.91 Å². The van der Waals surface area contributed by atoms with Crippen LogP contribution in [-0.4, -0.2) is 32.2 Å². The summed E-state index contributed by atoms with van der Waals surface area (Å²) in [5.41, 5.74) is 3.33. The van der Waals surface area contributed by atoms with E-state index in [0.717, 1.165) is 44.5 Å². The maximum absolute atomic E-state index is 12.0. The van der Waals surface area contributed by atoms with Gasteiger partial charge in [0.1, 0.15) is 0 Å². The van der Waals surface area contributed by atoms with Crippen molar-refractivity contribution < 1.29 is 9.53 Å². The normalized spacial score (nSPS) is 13.8. The first-order valence-electron chi connectivity index (χ1n) is 7.49. The van der Waals surface area contributed by atoms with Gasteiger partial charge in [-0.25, -0.2) is 0 Å². The number of rotatable bonds is 7. The lowest BCUT2D eigenvalue weighted by atomic mass is 9.98. The third-order valence-electron chi connectivity index (χ3n) is 3.53. The topological polar surface area (TPSA) is 50.4 Å². The van der Waals surface area contributed by atoms with E-state index in [1.165, 1.54) is 11.1 Å². The Kier molecular flexibility index (Phi) is 6.02. The number of carbonyl (C=O) groups is 1. The van der Waals surface area contributed by atoms with Crippen LogP contribution in [0, 0.1) is 0 Å². The third-order valence-corrected chi connectivity index (χ3v) is 3.53. The van der Waals surface area contributed by atoms with Crippen molar-refractivity contribution >= 4 is 5.91 Å². The summed E-state index contributed by atoms with van der Waals surface area (Å²) in [4.78, 5) is 12.0. The Hall–Kier alpha value is -1.39. The molecule has 110 valence electrons. The van der Waals surface area contributed by atoms with E-state index in [1.54, 1.807) is 0 Å². The lowest BCUT2D eigenvalue weighted by Gasteiger charge is -2.17. The van der Waals surface area contributed by atoms with Gasteiger partial charge in [-0.15, -0.1) is 0 Å². The van der Waals surface area contributed by atoms with Crippen molar-refractivity contribution in [3.05, 3.63) is 34.9 Å². The summed E-state index contributed by atoms with van der Waals surface area (Å²) in [7, 11) is 0. The number of carbonyl (C=O) groups excluding carboxylic acids is 1. The van der Waals surface area contributed by atoms with Gasteiger partial charge in [0.2, 0.25) is 0 Å². The molecule has 20 heavy (non-hydrogen) atoms. The summed E-state index contributed by atoms with van der Waals surface area (Å²) in [5, 5.41) is 6.23. The molecule has 2 rings (SSSR count). The molecule has 0 radical (unpaired) electrons. The average molecular weight is 276 g/mol. The first-order valence-corrected chi connectivity index (χ1v) is 7.49. The van der Waals surface area contributed by atoms with E-state index in [9.17, 15) is 4.79 Å². The smallest absolute Gasteiger partial charge is 0.251 e. The van der Waals surface area contributed by atoms with Crippen molar-refractivity contribution in [2.45, 2.75) is 32.7 Å². The Morgan fingerprint density at radius 3 is 3.10 bits per heavy atom. The summed E-state index contributed by atoms with van der Waals surface area (Å²) < 4.78 is 5.43. The molecule has 0 fully saturated rings. The molecule has 0 bridgehead atoms. The molecule has 4 heteroatoms. The molecule has 1 aliphatic heterocycles. The van der Waals surface area contributed by atoms with Gasteiger partial charge in [0.25, 0.3) is 5.91 Å². The summed E-state index contributed by atoms with van der Waals surface area (Å²) in [6.07, 6.45) is 3.25. The second kappa shape index (κ2) is 8.02. The number of amides is 1. The van der Waals surface area contributed by atoms with Crippen molar-refractivity contribution in [2.24, 2.45) is 0 Å². The molecular formula is C16H24N2O2. The highest BCUT2D eigenvalue weighted by Gasteiger charge is 2.12. The van der Waals surface area contributed by atoms with Gasteiger partial charge in [0.05, 0.1) is 6.61 Å². The molecular weight excluding hydrogens is 252 g/mol. The van der Waals surface area contributed by atoms with Gasteiger partial charge in [-0.2, -0.15) is 0 Å². The summed E-state index contributed by atoms with van der Waals surface area (Å²) in [5.74, 6) is -0.0162. The molecule has 2 N–H and O–H groups in total. The Morgan fingerprint density at radius 1 is 1.35 bits per heavy atom. The predicted molar refractivity (Wildman–Crippen MR) is 79.9 cm³/mol. The lowest BCUT2D eigenvalue weighted by molar-refractivity contribution is 0.0912. The van der Waals surface area contributed by atoms with Crippen molar-refractivity contribution in [3.8, 4) is 0 Å². The average Bonchev–Trinajstić information content (AvgIpc) is 2.50. The monoisotopic (exact) mass is 276 g/mol. The van der Waals surface area contributed by atoms with Crippen LogP contribution in [0.2, 0.25) is 0 Å². The molecule has 1 aliphatic rings. The van der Waals surface area contributed by atoms with Crippen LogP contribution in [-0.2, 0) is 17.7 Å². The van der Waals surface area contributed by atoms with E-state index in [0.29, 0.717) is 13.2 Å². The molecule has 0 aromatic heterocycles. The SMILES string of the molecule is CCCCOCCNC(=O)c1ccc2c(c1)CNCC2. The minimum atomic E-state index is -0.0162. The van der Waals surface area contributed by atoms with Crippen molar-refractivity contribution in [1.29, 1.82) is 0 Å². The van der Waals surface area contributed by atoms with E-state index in [1.807, 2.05) is 12.1 Å². The van der Waals surface area contributed by atoms with Gasteiger partial charge in [0.15, 0.2) is 0 Å². The summed E-state index contributed by atoms with van der Waals surface area (Å²) in [6.45, 7) is 5.94. The molecule has 0 saturated carbocycles. The summed E-state index contributed by atoms with van der Waals surface area (Å²) in [6, 6.07) is 5.98. The van der Waals surface area contributed by atoms with Gasteiger partial charge in [-0.3, -0.25) is 4.79 Å². The van der Waals surface area contributed by atoms with Crippen LogP contribution >= 0.6 is 0 Å². The molecule has 0 atom stereocenters. The standard InChI is InChI=1S/C16H24N2O2/c1-2-3-9-20-10-8-18-16(19)14-5-4-13-6-7-17-12-15(13)11-14/h4-5,11,17H,2-3,6-10,12H2,1H3,(H,18,19). The van der Waals surface area contributed by atoms with Gasteiger partial charge in [0, 0.05) is 25.3 Å². The van der Waals surface area contributed by atoms with Crippen LogP contribution in [0.3, 0.4) is 0 Å². The number of ether oxygens (including phenoxy) is 1. The Bertz CT molecular complexity index is 446. The van der Waals surface area contributed by atoms with E-state index >= 15 is 0 Å². The fourth-order valence-electron chi connectivity index (χ4n) is 2.31. The quantitative estimate of drug-likeness (QED) is 0.748. The van der Waals surface area contributed by atoms with Gasteiger partial charge in [-0.1, -0.05) is 19.4 Å². The van der Waals surface area contributed by atoms with Gasteiger partial charge in [-0.05, 0) is 42.6 Å². The Balaban J connectivity index is 1.77. The minimum absolute atomic E-state index is 0.0162. The van der Waals surface area contributed by atoms with Crippen LogP contribution in [0.1, 0.15) is 41.3 Å². The molecule has 1 aromatic rings. The maximum atomic E-state index is 12.0. The first kappa shape index (κ1) is 15.0. The molecule has 1 amide bonds. The fourth-order valence-corrected chi connectivity index (χ4v) is 2.31. The number of nitrogens with one attached hydrogen (secondary N) is 2. The largest absolute Gasteiger partial charge is 0.380 e. The van der Waals surface area contributed by atoms with Crippen LogP contribution in [0.4, 0.5) is 0 Å². The van der Waals surface area contributed by atoms with E-state index < -0.39 is 0 Å². The molecule has 1 heterocycles. The zero-order chi connectivity index (χ0) is 14.2. The molecule has 0 saturated heterocycles. The highest BCUT2D eigenvalue weighted by atomic mass is 16.5.